The molecule has 6 nitrogen and oxygen atoms in total. The maximum absolute atomic E-state index is 13.6. The van der Waals surface area contributed by atoms with Crippen LogP contribution >= 0.6 is 7.60 Å². The average Bonchev–Trinajstić information content (AvgIpc) is 2.27. The molecule has 9 heteroatoms. The van der Waals surface area contributed by atoms with Crippen molar-refractivity contribution in [2.75, 3.05) is 0 Å². The number of nitrogens with two attached hydrogens (primary N) is 1. The molecule has 1 rings (SSSR count). The van der Waals surface area contributed by atoms with E-state index in [-0.39, 0.29) is 5.56 Å². The third-order valence-corrected chi connectivity index (χ3v) is 3.44. The number of hydrogen-bond donors (Lipinski definition) is 4. The number of carbonyl (C=O) groups is 1. The second-order valence-corrected chi connectivity index (χ2v) is 5.54. The highest BCUT2D eigenvalue weighted by molar-refractivity contribution is 7.52. The lowest BCUT2D eigenvalue weighted by atomic mass is 10.0. The summed E-state index contributed by atoms with van der Waals surface area (Å²) in [5.74, 6) is -1.39. The number of carboxylic acids is 1. The van der Waals surface area contributed by atoms with Crippen LogP contribution < -0.4 is 5.73 Å². The van der Waals surface area contributed by atoms with Crippen LogP contribution in [0.1, 0.15) is 11.1 Å². The molecular weight excluding hydrogens is 283 g/mol. The standard InChI is InChI=1S/C10H12F2NO5P/c11-10(12,19(16,17)18)7-4-2-1-3-6(7)5-8(13)9(14)15/h1-4,8H,5,13H2,(H,14,15)(H2,16,17,18). The molecule has 0 bridgehead atoms. The van der Waals surface area contributed by atoms with Crippen LogP contribution in [0.3, 0.4) is 0 Å². The van der Waals surface area contributed by atoms with Gasteiger partial charge in [-0.1, -0.05) is 24.3 Å². The van der Waals surface area contributed by atoms with Gasteiger partial charge in [-0.05, 0) is 12.0 Å². The van der Waals surface area contributed by atoms with Gasteiger partial charge in [0.15, 0.2) is 0 Å². The SMILES string of the molecule is NC(Cc1ccccc1C(F)(F)P(=O)(O)O)C(=O)O. The number of halogens is 2. The van der Waals surface area contributed by atoms with Crippen LogP contribution in [0.25, 0.3) is 0 Å². The van der Waals surface area contributed by atoms with Crippen LogP contribution in [0, 0.1) is 0 Å². The Morgan fingerprint density at radius 1 is 1.37 bits per heavy atom. The second kappa shape index (κ2) is 5.34. The molecule has 106 valence electrons. The van der Waals surface area contributed by atoms with E-state index in [1.165, 1.54) is 12.1 Å². The number of hydrogen-bond acceptors (Lipinski definition) is 3. The zero-order chi connectivity index (χ0) is 14.8. The van der Waals surface area contributed by atoms with E-state index in [4.69, 9.17) is 20.6 Å². The number of alkyl halides is 2. The van der Waals surface area contributed by atoms with Crippen LogP contribution in [0.2, 0.25) is 0 Å². The molecule has 0 fully saturated rings. The van der Waals surface area contributed by atoms with Crippen molar-refractivity contribution >= 4 is 13.6 Å². The van der Waals surface area contributed by atoms with Gasteiger partial charge >= 0.3 is 19.2 Å². The number of carboxylic acid groups (broad SMARTS) is 1. The Bertz CT molecular complexity index is 530. The Morgan fingerprint density at radius 3 is 2.37 bits per heavy atom. The quantitative estimate of drug-likeness (QED) is 0.598. The molecule has 1 aromatic carbocycles. The van der Waals surface area contributed by atoms with E-state index < -0.39 is 37.3 Å². The predicted molar refractivity (Wildman–Crippen MR) is 61.7 cm³/mol. The molecule has 0 aliphatic heterocycles. The molecule has 1 atom stereocenters. The summed E-state index contributed by atoms with van der Waals surface area (Å²) >= 11 is 0. The van der Waals surface area contributed by atoms with E-state index in [1.54, 1.807) is 0 Å². The fourth-order valence-corrected chi connectivity index (χ4v) is 2.00. The van der Waals surface area contributed by atoms with Crippen LogP contribution in [0.4, 0.5) is 8.78 Å². The second-order valence-electron chi connectivity index (χ2n) is 3.89. The maximum Gasteiger partial charge on any atom is 0.399 e. The summed E-state index contributed by atoms with van der Waals surface area (Å²) in [6, 6.07) is 3.08. The minimum Gasteiger partial charge on any atom is -0.480 e. The molecule has 0 aromatic heterocycles. The molecule has 0 spiro atoms. The Hall–Kier alpha value is -1.34. The molecule has 0 radical (unpaired) electrons. The van der Waals surface area contributed by atoms with Gasteiger partial charge in [0.25, 0.3) is 0 Å². The van der Waals surface area contributed by atoms with Crippen molar-refractivity contribution in [2.24, 2.45) is 5.73 Å². The van der Waals surface area contributed by atoms with Gasteiger partial charge in [-0.2, -0.15) is 8.78 Å². The van der Waals surface area contributed by atoms with Crippen LogP contribution in [-0.2, 0) is 21.4 Å². The van der Waals surface area contributed by atoms with Crippen molar-refractivity contribution in [3.8, 4) is 0 Å². The number of benzene rings is 1. The van der Waals surface area contributed by atoms with Crippen molar-refractivity contribution in [2.45, 2.75) is 18.1 Å². The van der Waals surface area contributed by atoms with Crippen molar-refractivity contribution in [3.63, 3.8) is 0 Å². The molecule has 1 unspecified atom stereocenters. The van der Waals surface area contributed by atoms with Crippen LogP contribution in [-0.4, -0.2) is 26.9 Å². The summed E-state index contributed by atoms with van der Waals surface area (Å²) in [6.45, 7) is 0. The highest BCUT2D eigenvalue weighted by Gasteiger charge is 2.51. The molecule has 0 saturated heterocycles. The largest absolute Gasteiger partial charge is 0.480 e. The van der Waals surface area contributed by atoms with Gasteiger partial charge in [0, 0.05) is 5.56 Å². The van der Waals surface area contributed by atoms with E-state index in [0.717, 1.165) is 12.1 Å². The van der Waals surface area contributed by atoms with Gasteiger partial charge in [0.1, 0.15) is 6.04 Å². The van der Waals surface area contributed by atoms with E-state index in [2.05, 4.69) is 0 Å². The highest BCUT2D eigenvalue weighted by atomic mass is 31.2. The molecule has 0 amide bonds. The van der Waals surface area contributed by atoms with Gasteiger partial charge in [0.2, 0.25) is 0 Å². The van der Waals surface area contributed by atoms with E-state index in [9.17, 15) is 18.1 Å². The minimum absolute atomic E-state index is 0.217. The summed E-state index contributed by atoms with van der Waals surface area (Å²) in [7, 11) is -5.71. The van der Waals surface area contributed by atoms with Gasteiger partial charge in [-0.3, -0.25) is 9.36 Å². The van der Waals surface area contributed by atoms with Gasteiger partial charge in [-0.25, -0.2) is 0 Å². The first kappa shape index (κ1) is 15.7. The zero-order valence-electron chi connectivity index (χ0n) is 9.53. The lowest BCUT2D eigenvalue weighted by Crippen LogP contribution is -2.33. The number of aliphatic carboxylic acids is 1. The smallest absolute Gasteiger partial charge is 0.399 e. The van der Waals surface area contributed by atoms with Crippen molar-refractivity contribution < 1.29 is 33.0 Å². The molecular formula is C10H12F2NO5P. The van der Waals surface area contributed by atoms with E-state index >= 15 is 0 Å². The monoisotopic (exact) mass is 295 g/mol. The van der Waals surface area contributed by atoms with Crippen molar-refractivity contribution in [1.82, 2.24) is 0 Å². The fraction of sp³-hybridized carbons (Fsp3) is 0.300. The van der Waals surface area contributed by atoms with Crippen molar-refractivity contribution in [1.29, 1.82) is 0 Å². The topological polar surface area (TPSA) is 121 Å². The lowest BCUT2D eigenvalue weighted by Gasteiger charge is -2.21. The first-order valence-electron chi connectivity index (χ1n) is 5.07. The molecule has 1 aromatic rings. The van der Waals surface area contributed by atoms with Gasteiger partial charge in [-0.15, -0.1) is 0 Å². The zero-order valence-corrected chi connectivity index (χ0v) is 10.4. The molecule has 0 saturated carbocycles. The highest BCUT2D eigenvalue weighted by Crippen LogP contribution is 2.59. The van der Waals surface area contributed by atoms with Crippen LogP contribution in [0.15, 0.2) is 24.3 Å². The molecule has 19 heavy (non-hydrogen) atoms. The third kappa shape index (κ3) is 3.36. The Kier molecular flexibility index (Phi) is 4.42. The lowest BCUT2D eigenvalue weighted by molar-refractivity contribution is -0.138. The number of rotatable bonds is 5. The molecule has 5 N–H and O–H groups in total. The van der Waals surface area contributed by atoms with E-state index in [1.807, 2.05) is 0 Å². The summed E-state index contributed by atoms with van der Waals surface area (Å²) in [6.07, 6.45) is -0.457. The predicted octanol–water partition coefficient (Wildman–Crippen LogP) is 0.868. The summed E-state index contributed by atoms with van der Waals surface area (Å²) in [5, 5.41) is 8.63. The molecule has 0 aliphatic carbocycles. The Labute approximate surface area is 107 Å². The van der Waals surface area contributed by atoms with Gasteiger partial charge in [0.05, 0.1) is 0 Å². The Balaban J connectivity index is 3.24. The van der Waals surface area contributed by atoms with Crippen LogP contribution in [0.5, 0.6) is 0 Å². The first-order valence-corrected chi connectivity index (χ1v) is 6.69. The normalized spacial score (nSPS) is 14.2. The Morgan fingerprint density at radius 2 is 1.89 bits per heavy atom. The maximum atomic E-state index is 13.6. The first-order chi connectivity index (χ1) is 8.57. The third-order valence-electron chi connectivity index (χ3n) is 2.46. The summed E-state index contributed by atoms with van der Waals surface area (Å²) in [4.78, 5) is 28.0. The fourth-order valence-electron chi connectivity index (χ4n) is 1.47. The van der Waals surface area contributed by atoms with Gasteiger partial charge < -0.3 is 20.6 Å². The average molecular weight is 295 g/mol. The molecule has 0 heterocycles. The van der Waals surface area contributed by atoms with Crippen molar-refractivity contribution in [3.05, 3.63) is 35.4 Å². The minimum atomic E-state index is -5.71. The van der Waals surface area contributed by atoms with E-state index in [0.29, 0.717) is 0 Å². The molecule has 0 aliphatic rings. The summed E-state index contributed by atoms with van der Waals surface area (Å²) in [5.41, 5.74) is -0.289. The summed E-state index contributed by atoms with van der Waals surface area (Å²) < 4.78 is 38.1.